The van der Waals surface area contributed by atoms with E-state index in [1.807, 2.05) is 0 Å². The van der Waals surface area contributed by atoms with Gasteiger partial charge in [-0.3, -0.25) is 28.9 Å². The number of thioether (sulfide) groups is 1. The lowest BCUT2D eigenvalue weighted by Gasteiger charge is -2.47. The van der Waals surface area contributed by atoms with Gasteiger partial charge in [0.2, 0.25) is 0 Å². The van der Waals surface area contributed by atoms with Crippen molar-refractivity contribution in [3.63, 3.8) is 0 Å². The minimum absolute atomic E-state index is 0.213. The van der Waals surface area contributed by atoms with Crippen LogP contribution in [0.1, 0.15) is 41.5 Å². The van der Waals surface area contributed by atoms with Gasteiger partial charge >= 0.3 is 17.9 Å². The van der Waals surface area contributed by atoms with Crippen molar-refractivity contribution in [1.82, 2.24) is 4.90 Å². The lowest BCUT2D eigenvalue weighted by molar-refractivity contribution is -0.216. The Labute approximate surface area is 188 Å². The summed E-state index contributed by atoms with van der Waals surface area (Å²) in [5.74, 6) is -3.14. The molecule has 1 fully saturated rings. The first-order valence-electron chi connectivity index (χ1n) is 9.78. The van der Waals surface area contributed by atoms with E-state index in [0.717, 1.165) is 18.7 Å². The highest BCUT2D eigenvalue weighted by molar-refractivity contribution is 7.99. The quantitative estimate of drug-likeness (QED) is 0.343. The van der Waals surface area contributed by atoms with Crippen LogP contribution in [0.2, 0.25) is 0 Å². The number of ether oxygens (including phenoxy) is 4. The third-order valence-electron chi connectivity index (χ3n) is 5.03. The molecule has 11 heteroatoms. The molecule has 3 rings (SSSR count). The van der Waals surface area contributed by atoms with Gasteiger partial charge in [0.1, 0.15) is 24.2 Å². The second-order valence-electron chi connectivity index (χ2n) is 7.25. The minimum atomic E-state index is -1.25. The van der Waals surface area contributed by atoms with E-state index in [0.29, 0.717) is 0 Å². The lowest BCUT2D eigenvalue weighted by Crippen LogP contribution is -2.66. The van der Waals surface area contributed by atoms with Gasteiger partial charge in [-0.15, -0.1) is 11.8 Å². The van der Waals surface area contributed by atoms with Gasteiger partial charge in [0.05, 0.1) is 11.1 Å². The Morgan fingerprint density at radius 2 is 1.47 bits per heavy atom. The molecule has 1 aromatic rings. The second kappa shape index (κ2) is 9.70. The predicted molar refractivity (Wildman–Crippen MR) is 111 cm³/mol. The normalized spacial score (nSPS) is 27.0. The number of carbonyl (C=O) groups excluding carboxylic acids is 5. The van der Waals surface area contributed by atoms with Crippen LogP contribution in [0.3, 0.4) is 0 Å². The van der Waals surface area contributed by atoms with Crippen molar-refractivity contribution in [2.75, 3.05) is 12.9 Å². The van der Waals surface area contributed by atoms with E-state index in [1.54, 1.807) is 18.4 Å². The number of imide groups is 1. The number of hydrogen-bond donors (Lipinski definition) is 0. The topological polar surface area (TPSA) is 126 Å². The molecule has 172 valence electrons. The summed E-state index contributed by atoms with van der Waals surface area (Å²) >= 11 is 1.17. The van der Waals surface area contributed by atoms with Crippen LogP contribution in [0, 0.1) is 0 Å². The van der Waals surface area contributed by atoms with Gasteiger partial charge in [-0.25, -0.2) is 0 Å². The predicted octanol–water partition coefficient (Wildman–Crippen LogP) is 1.17. The van der Waals surface area contributed by atoms with Crippen LogP contribution in [0.15, 0.2) is 24.3 Å². The highest BCUT2D eigenvalue weighted by Crippen LogP contribution is 2.37. The minimum Gasteiger partial charge on any atom is -0.463 e. The second-order valence-corrected chi connectivity index (χ2v) is 8.18. The van der Waals surface area contributed by atoms with Crippen LogP contribution < -0.4 is 0 Å². The summed E-state index contributed by atoms with van der Waals surface area (Å²) in [5, 5.41) is 0. The maximum absolute atomic E-state index is 13.1. The van der Waals surface area contributed by atoms with Crippen molar-refractivity contribution >= 4 is 41.5 Å². The van der Waals surface area contributed by atoms with Crippen molar-refractivity contribution in [2.24, 2.45) is 0 Å². The maximum atomic E-state index is 13.1. The van der Waals surface area contributed by atoms with Gasteiger partial charge in [0.25, 0.3) is 11.8 Å². The van der Waals surface area contributed by atoms with Crippen LogP contribution in [0.4, 0.5) is 0 Å². The highest BCUT2D eigenvalue weighted by atomic mass is 32.2. The molecule has 32 heavy (non-hydrogen) atoms. The van der Waals surface area contributed by atoms with Crippen molar-refractivity contribution in [3.8, 4) is 0 Å². The summed E-state index contributed by atoms with van der Waals surface area (Å²) in [6, 6.07) is 5.23. The van der Waals surface area contributed by atoms with Gasteiger partial charge in [-0.2, -0.15) is 0 Å². The molecule has 0 spiro atoms. The van der Waals surface area contributed by atoms with Crippen molar-refractivity contribution < 1.29 is 42.9 Å². The molecule has 0 aromatic heterocycles. The summed E-state index contributed by atoms with van der Waals surface area (Å²) in [4.78, 5) is 62.4. The fourth-order valence-corrected chi connectivity index (χ4v) is 4.64. The number of rotatable bonds is 6. The molecule has 0 saturated carbocycles. The molecule has 0 aliphatic carbocycles. The zero-order chi connectivity index (χ0) is 23.6. The third-order valence-corrected chi connectivity index (χ3v) is 5.88. The fraction of sp³-hybridized carbons (Fsp3) is 0.476. The average molecular weight is 465 g/mol. The molecule has 10 nitrogen and oxygen atoms in total. The van der Waals surface area contributed by atoms with Crippen molar-refractivity contribution in [2.45, 2.75) is 50.6 Å². The Balaban J connectivity index is 2.05. The fourth-order valence-electron chi connectivity index (χ4n) is 3.83. The first-order chi connectivity index (χ1) is 15.1. The molecule has 2 aliphatic heterocycles. The first kappa shape index (κ1) is 23.7. The van der Waals surface area contributed by atoms with Gasteiger partial charge in [-0.1, -0.05) is 12.1 Å². The molecule has 5 atom stereocenters. The number of fused-ring (bicyclic) bond motifs is 1. The number of esters is 3. The lowest BCUT2D eigenvalue weighted by atomic mass is 9.96. The Morgan fingerprint density at radius 1 is 0.938 bits per heavy atom. The van der Waals surface area contributed by atoms with Gasteiger partial charge in [0.15, 0.2) is 12.2 Å². The molecule has 2 aliphatic rings. The van der Waals surface area contributed by atoms with Gasteiger partial charge in [0, 0.05) is 20.8 Å². The van der Waals surface area contributed by atoms with E-state index in [1.165, 1.54) is 30.8 Å². The van der Waals surface area contributed by atoms with Crippen molar-refractivity contribution in [3.05, 3.63) is 35.4 Å². The third kappa shape index (κ3) is 4.63. The maximum Gasteiger partial charge on any atom is 0.303 e. The monoisotopic (exact) mass is 465 g/mol. The van der Waals surface area contributed by atoms with E-state index in [4.69, 9.17) is 18.9 Å². The Kier molecular flexibility index (Phi) is 7.19. The smallest absolute Gasteiger partial charge is 0.303 e. The number of nitrogens with zero attached hydrogens (tertiary/aromatic N) is 1. The summed E-state index contributed by atoms with van der Waals surface area (Å²) in [7, 11) is 0. The summed E-state index contributed by atoms with van der Waals surface area (Å²) in [5.41, 5.74) is -0.427. The number of carbonyl (C=O) groups is 5. The summed E-state index contributed by atoms with van der Waals surface area (Å²) in [6.45, 7) is 3.25. The largest absolute Gasteiger partial charge is 0.463 e. The first-order valence-corrected chi connectivity index (χ1v) is 11.1. The Morgan fingerprint density at radius 3 is 1.94 bits per heavy atom. The van der Waals surface area contributed by atoms with Crippen LogP contribution in [-0.4, -0.2) is 77.3 Å². The Bertz CT molecular complexity index is 914. The van der Waals surface area contributed by atoms with E-state index in [9.17, 15) is 24.0 Å². The average Bonchev–Trinajstić information content (AvgIpc) is 2.98. The zero-order valence-corrected chi connectivity index (χ0v) is 18.7. The van der Waals surface area contributed by atoms with Gasteiger partial charge in [-0.05, 0) is 18.4 Å². The number of hydrogen-bond acceptors (Lipinski definition) is 10. The zero-order valence-electron chi connectivity index (χ0n) is 17.9. The highest BCUT2D eigenvalue weighted by Gasteiger charge is 2.56. The molecule has 0 N–H and O–H groups in total. The van der Waals surface area contributed by atoms with Crippen LogP contribution in [-0.2, 0) is 33.3 Å². The van der Waals surface area contributed by atoms with E-state index < -0.39 is 59.5 Å². The number of benzene rings is 1. The van der Waals surface area contributed by atoms with E-state index in [2.05, 4.69) is 0 Å². The van der Waals surface area contributed by atoms with Crippen LogP contribution >= 0.6 is 11.8 Å². The molecule has 0 radical (unpaired) electrons. The van der Waals surface area contributed by atoms with Crippen LogP contribution in [0.25, 0.3) is 0 Å². The summed E-state index contributed by atoms with van der Waals surface area (Å²) in [6.07, 6.45) is -1.77. The molecule has 2 amide bonds. The molecule has 1 aromatic carbocycles. The molecular weight excluding hydrogens is 442 g/mol. The van der Waals surface area contributed by atoms with E-state index in [-0.39, 0.29) is 17.7 Å². The molecule has 2 heterocycles. The number of amides is 2. The molecule has 0 unspecified atom stereocenters. The Hall–Kier alpha value is -2.92. The van der Waals surface area contributed by atoms with Gasteiger partial charge < -0.3 is 18.9 Å². The molecule has 0 bridgehead atoms. The molecular formula is C21H23NO9S. The van der Waals surface area contributed by atoms with Crippen molar-refractivity contribution in [1.29, 1.82) is 0 Å². The SMILES string of the molecule is CS[C@@H]1O[C@H](COC(C)=O)[C@@H](OC(C)=O)[C@H](OC(C)=O)[C@@H]1N1C(=O)c2ccccc2C1=O. The molecule has 1 saturated heterocycles. The summed E-state index contributed by atoms with van der Waals surface area (Å²) < 4.78 is 21.9. The van der Waals surface area contributed by atoms with E-state index >= 15 is 0 Å². The van der Waals surface area contributed by atoms with Crippen LogP contribution in [0.5, 0.6) is 0 Å². The standard InChI is InChI=1S/C21H23NO9S/c1-10(23)28-9-15-17(29-11(2)24)18(30-12(3)25)16(21(31-15)32-4)22-19(26)13-7-5-6-8-14(13)20(22)27/h5-8,15-18,21H,9H2,1-4H3/t15-,16+,17-,18-,21+/m1/s1.